The van der Waals surface area contributed by atoms with Gasteiger partial charge in [0.05, 0.1) is 11.6 Å². The Balaban J connectivity index is 2.30. The molecule has 2 unspecified atom stereocenters. The molecule has 0 fully saturated rings. The number of rotatable bonds is 2. The van der Waals surface area contributed by atoms with Crippen LogP contribution in [-0.4, -0.2) is 22.3 Å². The van der Waals surface area contributed by atoms with Gasteiger partial charge < -0.3 is 15.2 Å². The van der Waals surface area contributed by atoms with Crippen molar-refractivity contribution >= 4 is 5.71 Å². The van der Waals surface area contributed by atoms with Gasteiger partial charge in [0, 0.05) is 5.56 Å². The van der Waals surface area contributed by atoms with Crippen LogP contribution in [0.3, 0.4) is 0 Å². The first-order valence-corrected chi connectivity index (χ1v) is 4.65. The third-order valence-electron chi connectivity index (χ3n) is 2.46. The number of hydrogen-bond acceptors (Lipinski definition) is 5. The second-order valence-electron chi connectivity index (χ2n) is 3.44. The van der Waals surface area contributed by atoms with E-state index in [1.807, 2.05) is 18.5 Å². The lowest BCUT2D eigenvalue weighted by Gasteiger charge is -2.12. The normalized spacial score (nSPS) is 24.8. The highest BCUT2D eigenvalue weighted by atomic mass is 16.7. The molecule has 0 bridgehead atoms. The minimum atomic E-state index is -0.556. The maximum absolute atomic E-state index is 9.63. The molecule has 0 saturated carbocycles. The van der Waals surface area contributed by atoms with Crippen molar-refractivity contribution < 1.29 is 15.2 Å². The molecule has 0 radical (unpaired) electrons. The zero-order chi connectivity index (χ0) is 10.8. The van der Waals surface area contributed by atoms with Crippen LogP contribution in [0.1, 0.15) is 12.5 Å². The van der Waals surface area contributed by atoms with E-state index in [1.54, 1.807) is 18.2 Å². The van der Waals surface area contributed by atoms with Gasteiger partial charge in [0.25, 0.3) is 0 Å². The zero-order valence-corrected chi connectivity index (χ0v) is 8.21. The summed E-state index contributed by atoms with van der Waals surface area (Å²) >= 11 is 0. The minimum Gasteiger partial charge on any atom is -0.507 e. The smallest absolute Gasteiger partial charge is 0.207 e. The average molecular weight is 208 g/mol. The fourth-order valence-electron chi connectivity index (χ4n) is 1.55. The number of para-hydroxylation sites is 1. The fourth-order valence-corrected chi connectivity index (χ4v) is 1.55. The summed E-state index contributed by atoms with van der Waals surface area (Å²) < 4.78 is 0. The Labute approximate surface area is 86.9 Å². The van der Waals surface area contributed by atoms with Gasteiger partial charge >= 0.3 is 0 Å². The second-order valence-corrected chi connectivity index (χ2v) is 3.44. The van der Waals surface area contributed by atoms with Crippen molar-refractivity contribution in [2.45, 2.75) is 13.2 Å². The Morgan fingerprint density at radius 2 is 2.13 bits per heavy atom. The molecule has 0 spiro atoms. The molecule has 0 amide bonds. The van der Waals surface area contributed by atoms with E-state index in [4.69, 9.17) is 10.0 Å². The molecule has 5 heteroatoms. The van der Waals surface area contributed by atoms with Crippen LogP contribution in [0, 0.1) is 5.92 Å². The highest BCUT2D eigenvalue weighted by Crippen LogP contribution is 2.26. The van der Waals surface area contributed by atoms with Crippen molar-refractivity contribution in [3.8, 4) is 5.75 Å². The molecule has 1 aromatic carbocycles. The molecule has 1 aromatic rings. The van der Waals surface area contributed by atoms with Gasteiger partial charge in [-0.15, -0.1) is 0 Å². The number of aromatic hydroxyl groups is 1. The van der Waals surface area contributed by atoms with Crippen LogP contribution >= 0.6 is 0 Å². The van der Waals surface area contributed by atoms with Gasteiger partial charge in [-0.3, -0.25) is 0 Å². The summed E-state index contributed by atoms with van der Waals surface area (Å²) in [4.78, 5) is 4.95. The summed E-state index contributed by atoms with van der Waals surface area (Å²) in [7, 11) is 0. The van der Waals surface area contributed by atoms with E-state index >= 15 is 0 Å². The maximum atomic E-state index is 9.63. The Morgan fingerprint density at radius 3 is 2.73 bits per heavy atom. The standard InChI is InChI=1S/C10H12N2O3/c1-6-9(12-15-10(6)11-14)7-4-2-3-5-8(7)13/h2-6,10-11,13-14H,1H3. The van der Waals surface area contributed by atoms with Gasteiger partial charge in [-0.2, -0.15) is 5.48 Å². The Hall–Kier alpha value is -1.59. The molecular weight excluding hydrogens is 196 g/mol. The molecule has 3 N–H and O–H groups in total. The first-order valence-electron chi connectivity index (χ1n) is 4.65. The van der Waals surface area contributed by atoms with Crippen LogP contribution in [0.2, 0.25) is 0 Å². The van der Waals surface area contributed by atoms with Crippen LogP contribution in [0.4, 0.5) is 0 Å². The number of hydroxylamine groups is 1. The van der Waals surface area contributed by atoms with E-state index < -0.39 is 6.23 Å². The molecule has 1 heterocycles. The van der Waals surface area contributed by atoms with E-state index in [0.29, 0.717) is 11.3 Å². The molecule has 80 valence electrons. The van der Waals surface area contributed by atoms with Gasteiger partial charge in [0.15, 0.2) is 0 Å². The van der Waals surface area contributed by atoms with Crippen molar-refractivity contribution in [1.29, 1.82) is 0 Å². The molecule has 2 atom stereocenters. The van der Waals surface area contributed by atoms with Crippen molar-refractivity contribution in [3.05, 3.63) is 29.8 Å². The summed E-state index contributed by atoms with van der Waals surface area (Å²) in [6.45, 7) is 1.85. The fraction of sp³-hybridized carbons (Fsp3) is 0.300. The molecule has 15 heavy (non-hydrogen) atoms. The quantitative estimate of drug-likeness (QED) is 0.635. The van der Waals surface area contributed by atoms with Gasteiger partial charge in [-0.1, -0.05) is 24.2 Å². The predicted molar refractivity (Wildman–Crippen MR) is 53.6 cm³/mol. The van der Waals surface area contributed by atoms with Crippen LogP contribution in [0.5, 0.6) is 5.75 Å². The van der Waals surface area contributed by atoms with E-state index in [-0.39, 0.29) is 11.7 Å². The summed E-state index contributed by atoms with van der Waals surface area (Å²) in [6.07, 6.45) is -0.556. The molecular formula is C10H12N2O3. The van der Waals surface area contributed by atoms with Gasteiger partial charge in [-0.05, 0) is 12.1 Å². The largest absolute Gasteiger partial charge is 0.507 e. The molecule has 0 aliphatic carbocycles. The molecule has 5 nitrogen and oxygen atoms in total. The number of nitrogens with zero attached hydrogens (tertiary/aromatic N) is 1. The lowest BCUT2D eigenvalue weighted by molar-refractivity contribution is -0.0481. The lowest BCUT2D eigenvalue weighted by atomic mass is 9.97. The zero-order valence-electron chi connectivity index (χ0n) is 8.21. The average Bonchev–Trinajstić information content (AvgIpc) is 2.60. The van der Waals surface area contributed by atoms with Crippen LogP contribution in [0.15, 0.2) is 29.4 Å². The Kier molecular flexibility index (Phi) is 2.57. The molecule has 1 aliphatic rings. The summed E-state index contributed by atoms with van der Waals surface area (Å²) in [5.74, 6) is 0.0357. The lowest BCUT2D eigenvalue weighted by Crippen LogP contribution is -2.33. The van der Waals surface area contributed by atoms with Crippen molar-refractivity contribution in [2.24, 2.45) is 11.1 Å². The van der Waals surface area contributed by atoms with E-state index in [0.717, 1.165) is 0 Å². The van der Waals surface area contributed by atoms with Gasteiger partial charge in [-0.25, -0.2) is 0 Å². The summed E-state index contributed by atoms with van der Waals surface area (Å²) in [6, 6.07) is 6.89. The Bertz CT molecular complexity index is 392. The second kappa shape index (κ2) is 3.88. The molecule has 2 rings (SSSR count). The van der Waals surface area contributed by atoms with E-state index in [2.05, 4.69) is 5.16 Å². The third kappa shape index (κ3) is 1.67. The predicted octanol–water partition coefficient (Wildman–Crippen LogP) is 1.07. The number of benzene rings is 1. The molecule has 0 saturated heterocycles. The first-order chi connectivity index (χ1) is 7.24. The van der Waals surface area contributed by atoms with Crippen molar-refractivity contribution in [3.63, 3.8) is 0 Å². The van der Waals surface area contributed by atoms with E-state index in [9.17, 15) is 5.11 Å². The maximum Gasteiger partial charge on any atom is 0.207 e. The van der Waals surface area contributed by atoms with Crippen LogP contribution in [0.25, 0.3) is 0 Å². The molecule has 1 aliphatic heterocycles. The van der Waals surface area contributed by atoms with Gasteiger partial charge in [0.2, 0.25) is 6.23 Å². The van der Waals surface area contributed by atoms with Gasteiger partial charge in [0.1, 0.15) is 5.75 Å². The first kappa shape index (κ1) is 9.95. The number of hydrogen-bond donors (Lipinski definition) is 3. The highest BCUT2D eigenvalue weighted by molar-refractivity contribution is 6.04. The topological polar surface area (TPSA) is 74.1 Å². The van der Waals surface area contributed by atoms with Crippen molar-refractivity contribution in [2.75, 3.05) is 0 Å². The summed E-state index contributed by atoms with van der Waals surface area (Å²) in [5, 5.41) is 22.2. The summed E-state index contributed by atoms with van der Waals surface area (Å²) in [5.41, 5.74) is 3.27. The number of nitrogens with one attached hydrogen (secondary N) is 1. The number of oxime groups is 1. The minimum absolute atomic E-state index is 0.122. The number of phenolic OH excluding ortho intramolecular Hbond substituents is 1. The van der Waals surface area contributed by atoms with Crippen LogP contribution < -0.4 is 5.48 Å². The molecule has 0 aromatic heterocycles. The monoisotopic (exact) mass is 208 g/mol. The van der Waals surface area contributed by atoms with Crippen LogP contribution in [-0.2, 0) is 4.84 Å². The highest BCUT2D eigenvalue weighted by Gasteiger charge is 2.31. The SMILES string of the molecule is CC1C(c2ccccc2O)=NOC1NO. The number of phenols is 1. The van der Waals surface area contributed by atoms with E-state index in [1.165, 1.54) is 0 Å². The van der Waals surface area contributed by atoms with Crippen molar-refractivity contribution in [1.82, 2.24) is 5.48 Å². The third-order valence-corrected chi connectivity index (χ3v) is 2.46. The Morgan fingerprint density at radius 1 is 1.40 bits per heavy atom.